The summed E-state index contributed by atoms with van der Waals surface area (Å²) < 4.78 is 5.21. The van der Waals surface area contributed by atoms with E-state index < -0.39 is 0 Å². The Balaban J connectivity index is 0.00000240. The molecule has 1 aromatic carbocycles. The molecule has 1 aliphatic heterocycles. The summed E-state index contributed by atoms with van der Waals surface area (Å²) >= 11 is 0. The van der Waals surface area contributed by atoms with E-state index in [1.807, 2.05) is 28.0 Å². The van der Waals surface area contributed by atoms with Crippen molar-refractivity contribution in [3.8, 4) is 5.75 Å². The van der Waals surface area contributed by atoms with E-state index >= 15 is 0 Å². The van der Waals surface area contributed by atoms with Crippen LogP contribution in [0.3, 0.4) is 0 Å². The lowest BCUT2D eigenvalue weighted by atomic mass is 9.65. The molecule has 29 heavy (non-hydrogen) atoms. The highest BCUT2D eigenvalue weighted by Crippen LogP contribution is 2.42. The van der Waals surface area contributed by atoms with Crippen LogP contribution in [-0.2, 0) is 4.79 Å². The molecule has 2 N–H and O–H groups in total. The minimum absolute atomic E-state index is 0. The smallest absolute Gasteiger partial charge is 0.254 e. The first-order valence-electron chi connectivity index (χ1n) is 10.5. The fourth-order valence-electron chi connectivity index (χ4n) is 5.32. The number of nitrogens with two attached hydrogens (primary N) is 1. The molecule has 0 spiro atoms. The number of carbonyl (C=O) groups is 2. The predicted molar refractivity (Wildman–Crippen MR) is 114 cm³/mol. The summed E-state index contributed by atoms with van der Waals surface area (Å²) in [6.45, 7) is 2.40. The average Bonchev–Trinajstić information content (AvgIpc) is 2.72. The van der Waals surface area contributed by atoms with Gasteiger partial charge in [-0.2, -0.15) is 0 Å². The molecular formula is C22H32ClN3O3. The van der Waals surface area contributed by atoms with Crippen molar-refractivity contribution < 1.29 is 14.3 Å². The van der Waals surface area contributed by atoms with Gasteiger partial charge >= 0.3 is 0 Å². The second kappa shape index (κ2) is 9.35. The van der Waals surface area contributed by atoms with Crippen LogP contribution >= 0.6 is 12.4 Å². The van der Waals surface area contributed by atoms with Gasteiger partial charge in [-0.3, -0.25) is 9.59 Å². The number of rotatable bonds is 3. The van der Waals surface area contributed by atoms with Crippen LogP contribution < -0.4 is 10.5 Å². The van der Waals surface area contributed by atoms with Gasteiger partial charge in [-0.25, -0.2) is 0 Å². The molecule has 2 aliphatic carbocycles. The lowest BCUT2D eigenvalue weighted by Crippen LogP contribution is -2.54. The van der Waals surface area contributed by atoms with E-state index in [0.717, 1.165) is 12.8 Å². The minimum atomic E-state index is 0. The van der Waals surface area contributed by atoms with Gasteiger partial charge in [0.2, 0.25) is 5.91 Å². The lowest BCUT2D eigenvalue weighted by Gasteiger charge is -2.45. The lowest BCUT2D eigenvalue weighted by molar-refractivity contribution is -0.140. The second-order valence-corrected chi connectivity index (χ2v) is 8.55. The monoisotopic (exact) mass is 421 g/mol. The van der Waals surface area contributed by atoms with Crippen LogP contribution in [0.2, 0.25) is 0 Å². The third kappa shape index (κ3) is 4.53. The highest BCUT2D eigenvalue weighted by atomic mass is 35.5. The topological polar surface area (TPSA) is 75.9 Å². The third-order valence-electron chi connectivity index (χ3n) is 6.96. The van der Waals surface area contributed by atoms with Crippen LogP contribution in [0, 0.1) is 17.8 Å². The Morgan fingerprint density at radius 3 is 2.28 bits per heavy atom. The van der Waals surface area contributed by atoms with Gasteiger partial charge in [-0.05, 0) is 55.7 Å². The molecule has 1 saturated heterocycles. The first kappa shape index (κ1) is 21.9. The third-order valence-corrected chi connectivity index (χ3v) is 6.96. The number of fused-ring (bicyclic) bond motifs is 2. The van der Waals surface area contributed by atoms with Crippen LogP contribution in [0.4, 0.5) is 0 Å². The van der Waals surface area contributed by atoms with Gasteiger partial charge in [0.25, 0.3) is 5.91 Å². The molecule has 2 saturated carbocycles. The van der Waals surface area contributed by atoms with Crippen LogP contribution in [0.5, 0.6) is 5.75 Å². The highest BCUT2D eigenvalue weighted by molar-refractivity contribution is 5.94. The van der Waals surface area contributed by atoms with E-state index in [2.05, 4.69) is 0 Å². The van der Waals surface area contributed by atoms with Crippen molar-refractivity contribution in [3.63, 3.8) is 0 Å². The molecule has 6 nitrogen and oxygen atoms in total. The fraction of sp³-hybridized carbons (Fsp3) is 0.636. The van der Waals surface area contributed by atoms with E-state index in [1.165, 1.54) is 19.3 Å². The maximum atomic E-state index is 13.1. The van der Waals surface area contributed by atoms with Crippen molar-refractivity contribution >= 4 is 24.2 Å². The van der Waals surface area contributed by atoms with Gasteiger partial charge in [0.05, 0.1) is 7.11 Å². The maximum absolute atomic E-state index is 13.1. The Bertz CT molecular complexity index is 722. The number of hydrogen-bond donors (Lipinski definition) is 1. The van der Waals surface area contributed by atoms with Crippen molar-refractivity contribution in [2.75, 3.05) is 33.3 Å². The van der Waals surface area contributed by atoms with Gasteiger partial charge < -0.3 is 20.3 Å². The van der Waals surface area contributed by atoms with Crippen molar-refractivity contribution in [1.82, 2.24) is 9.80 Å². The van der Waals surface area contributed by atoms with E-state index in [9.17, 15) is 9.59 Å². The molecule has 0 aromatic heterocycles. The summed E-state index contributed by atoms with van der Waals surface area (Å²) in [5.74, 6) is 2.10. The van der Waals surface area contributed by atoms with E-state index in [1.54, 1.807) is 13.2 Å². The van der Waals surface area contributed by atoms with Crippen molar-refractivity contribution in [2.24, 2.45) is 23.5 Å². The molecule has 0 radical (unpaired) electrons. The summed E-state index contributed by atoms with van der Waals surface area (Å²) in [5.41, 5.74) is 7.01. The quantitative estimate of drug-likeness (QED) is 0.813. The molecule has 1 heterocycles. The number of hydrogen-bond acceptors (Lipinski definition) is 4. The summed E-state index contributed by atoms with van der Waals surface area (Å²) in [6, 6.07) is 7.53. The first-order chi connectivity index (χ1) is 13.6. The zero-order valence-corrected chi connectivity index (χ0v) is 17.9. The van der Waals surface area contributed by atoms with Gasteiger partial charge in [-0.1, -0.05) is 12.5 Å². The first-order valence-corrected chi connectivity index (χ1v) is 10.5. The number of halogens is 1. The Kier molecular flexibility index (Phi) is 7.06. The fourth-order valence-corrected chi connectivity index (χ4v) is 5.32. The van der Waals surface area contributed by atoms with Crippen LogP contribution in [0.15, 0.2) is 24.3 Å². The molecule has 4 rings (SSSR count). The average molecular weight is 422 g/mol. The molecule has 160 valence electrons. The number of ether oxygens (including phenoxy) is 1. The van der Waals surface area contributed by atoms with Gasteiger partial charge in [-0.15, -0.1) is 12.4 Å². The predicted octanol–water partition coefficient (Wildman–Crippen LogP) is 2.56. The SMILES string of the molecule is COc1cccc(C(=O)N2CCN(C(=O)C3CC4CCCC(C3)C4N)CC2)c1.Cl. The van der Waals surface area contributed by atoms with Crippen molar-refractivity contribution in [1.29, 1.82) is 0 Å². The normalized spacial score (nSPS) is 29.0. The number of carbonyl (C=O) groups excluding carboxylic acids is 2. The van der Waals surface area contributed by atoms with Crippen LogP contribution in [0.25, 0.3) is 0 Å². The summed E-state index contributed by atoms with van der Waals surface area (Å²) in [5, 5.41) is 0. The molecular weight excluding hydrogens is 390 g/mol. The van der Waals surface area contributed by atoms with Crippen LogP contribution in [0.1, 0.15) is 42.5 Å². The Morgan fingerprint density at radius 1 is 1.03 bits per heavy atom. The largest absolute Gasteiger partial charge is 0.497 e. The van der Waals surface area contributed by atoms with Gasteiger partial charge in [0, 0.05) is 43.7 Å². The van der Waals surface area contributed by atoms with Crippen molar-refractivity contribution in [3.05, 3.63) is 29.8 Å². The number of benzene rings is 1. The highest BCUT2D eigenvalue weighted by Gasteiger charge is 2.42. The molecule has 1 aromatic rings. The zero-order valence-electron chi connectivity index (χ0n) is 17.1. The Labute approximate surface area is 179 Å². The number of methoxy groups -OCH3 is 1. The zero-order chi connectivity index (χ0) is 19.7. The molecule has 7 heteroatoms. The van der Waals surface area contributed by atoms with Crippen molar-refractivity contribution in [2.45, 2.75) is 38.1 Å². The maximum Gasteiger partial charge on any atom is 0.254 e. The van der Waals surface area contributed by atoms with Gasteiger partial charge in [0.15, 0.2) is 0 Å². The second-order valence-electron chi connectivity index (χ2n) is 8.55. The molecule has 3 aliphatic rings. The van der Waals surface area contributed by atoms with E-state index in [-0.39, 0.29) is 36.2 Å². The Morgan fingerprint density at radius 2 is 1.66 bits per heavy atom. The Hall–Kier alpha value is -1.79. The molecule has 3 fully saturated rings. The standard InChI is InChI=1S/C22H31N3O3.ClH/c1-28-19-7-3-6-17(14-19)21(26)24-8-10-25(11-9-24)22(27)18-12-15-4-2-5-16(13-18)20(15)23;/h3,6-7,14-16,18,20H,2,4-5,8-13,23H2,1H3;1H. The number of piperazine rings is 1. The number of nitrogens with zero attached hydrogens (tertiary/aromatic N) is 2. The van der Waals surface area contributed by atoms with Crippen LogP contribution in [-0.4, -0.2) is 60.9 Å². The summed E-state index contributed by atoms with van der Waals surface area (Å²) in [7, 11) is 1.60. The summed E-state index contributed by atoms with van der Waals surface area (Å²) in [4.78, 5) is 29.7. The summed E-state index contributed by atoms with van der Waals surface area (Å²) in [6.07, 6.45) is 5.49. The minimum Gasteiger partial charge on any atom is -0.497 e. The molecule has 2 amide bonds. The van der Waals surface area contributed by atoms with E-state index in [0.29, 0.717) is 49.3 Å². The molecule has 2 unspecified atom stereocenters. The molecule has 2 atom stereocenters. The van der Waals surface area contributed by atoms with E-state index in [4.69, 9.17) is 10.5 Å². The van der Waals surface area contributed by atoms with Gasteiger partial charge in [0.1, 0.15) is 5.75 Å². The molecule has 2 bridgehead atoms. The number of amides is 2.